The zero-order valence-electron chi connectivity index (χ0n) is 15.2. The van der Waals surface area contributed by atoms with Crippen LogP contribution in [-0.4, -0.2) is 53.5 Å². The first kappa shape index (κ1) is 18.1. The van der Waals surface area contributed by atoms with Gasteiger partial charge >= 0.3 is 0 Å². The summed E-state index contributed by atoms with van der Waals surface area (Å²) in [7, 11) is 0. The minimum Gasteiger partial charge on any atom is -0.494 e. The molecule has 1 amide bonds. The van der Waals surface area contributed by atoms with Crippen molar-refractivity contribution < 1.29 is 9.53 Å². The van der Waals surface area contributed by atoms with Crippen LogP contribution in [0.25, 0.3) is 6.08 Å². The number of hydrogen-bond acceptors (Lipinski definition) is 4. The first-order valence-corrected chi connectivity index (χ1v) is 9.05. The molecule has 0 N–H and O–H groups in total. The highest BCUT2D eigenvalue weighted by Crippen LogP contribution is 2.15. The van der Waals surface area contributed by atoms with Gasteiger partial charge in [-0.2, -0.15) is 0 Å². The maximum atomic E-state index is 12.3. The van der Waals surface area contributed by atoms with Crippen molar-refractivity contribution in [2.75, 3.05) is 32.8 Å². The molecule has 1 saturated heterocycles. The highest BCUT2D eigenvalue weighted by Gasteiger charge is 2.19. The van der Waals surface area contributed by atoms with Crippen LogP contribution >= 0.6 is 0 Å². The number of ether oxygens (including phenoxy) is 1. The third-order valence-corrected chi connectivity index (χ3v) is 4.43. The Balaban J connectivity index is 1.46. The lowest BCUT2D eigenvalue weighted by molar-refractivity contribution is -0.127. The quantitative estimate of drug-likeness (QED) is 0.751. The number of nitrogens with zero attached hydrogens (tertiary/aromatic N) is 3. The first-order valence-electron chi connectivity index (χ1n) is 9.05. The van der Waals surface area contributed by atoms with E-state index in [0.717, 1.165) is 44.0 Å². The number of rotatable bonds is 6. The highest BCUT2D eigenvalue weighted by molar-refractivity contribution is 5.91. The van der Waals surface area contributed by atoms with Crippen LogP contribution in [0.5, 0.6) is 5.75 Å². The van der Waals surface area contributed by atoms with Gasteiger partial charge in [-0.15, -0.1) is 0 Å². The summed E-state index contributed by atoms with van der Waals surface area (Å²) in [5.74, 6) is 0.974. The molecule has 0 radical (unpaired) electrons. The minimum atomic E-state index is 0.0644. The van der Waals surface area contributed by atoms with Crippen LogP contribution in [-0.2, 0) is 11.3 Å². The van der Waals surface area contributed by atoms with Crippen molar-refractivity contribution in [3.8, 4) is 5.75 Å². The number of carbonyl (C=O) groups excluding carboxylic acids is 1. The second kappa shape index (κ2) is 9.15. The molecule has 0 atom stereocenters. The normalized spacial score (nSPS) is 15.3. The van der Waals surface area contributed by atoms with Gasteiger partial charge in [-0.25, -0.2) is 0 Å². The molecule has 0 bridgehead atoms. The van der Waals surface area contributed by atoms with Gasteiger partial charge in [0.2, 0.25) is 5.91 Å². The van der Waals surface area contributed by atoms with Crippen LogP contribution in [0.15, 0.2) is 54.9 Å². The van der Waals surface area contributed by atoms with Crippen LogP contribution in [0.3, 0.4) is 0 Å². The van der Waals surface area contributed by atoms with Crippen molar-refractivity contribution in [2.45, 2.75) is 13.5 Å². The summed E-state index contributed by atoms with van der Waals surface area (Å²) in [6, 6.07) is 12.1. The average Bonchev–Trinajstić information content (AvgIpc) is 2.69. The molecule has 2 heterocycles. The zero-order valence-corrected chi connectivity index (χ0v) is 15.2. The third-order valence-electron chi connectivity index (χ3n) is 4.43. The van der Waals surface area contributed by atoms with Crippen LogP contribution in [0.4, 0.5) is 0 Å². The van der Waals surface area contributed by atoms with E-state index in [9.17, 15) is 4.79 Å². The largest absolute Gasteiger partial charge is 0.494 e. The lowest BCUT2D eigenvalue weighted by Gasteiger charge is -2.34. The summed E-state index contributed by atoms with van der Waals surface area (Å²) < 4.78 is 5.48. The third kappa shape index (κ3) is 5.17. The number of aromatic nitrogens is 1. The van der Waals surface area contributed by atoms with E-state index >= 15 is 0 Å². The lowest BCUT2D eigenvalue weighted by Crippen LogP contribution is -2.47. The SMILES string of the molecule is CCOc1ccc(CN2CCN(C(=O)/C=C/c3cccnc3)CC2)cc1. The van der Waals surface area contributed by atoms with E-state index in [4.69, 9.17) is 4.74 Å². The minimum absolute atomic E-state index is 0.0644. The summed E-state index contributed by atoms with van der Waals surface area (Å²) in [6.07, 6.45) is 6.93. The van der Waals surface area contributed by atoms with E-state index in [1.54, 1.807) is 18.5 Å². The predicted octanol–water partition coefficient (Wildman–Crippen LogP) is 2.84. The molecule has 0 unspecified atom stereocenters. The monoisotopic (exact) mass is 351 g/mol. The van der Waals surface area contributed by atoms with Gasteiger partial charge < -0.3 is 9.64 Å². The fraction of sp³-hybridized carbons (Fsp3) is 0.333. The second-order valence-electron chi connectivity index (χ2n) is 6.30. The fourth-order valence-electron chi connectivity index (χ4n) is 2.99. The van der Waals surface area contributed by atoms with Crippen molar-refractivity contribution in [3.63, 3.8) is 0 Å². The van der Waals surface area contributed by atoms with E-state index < -0.39 is 0 Å². The Labute approximate surface area is 154 Å². The molecule has 1 aliphatic rings. The molecular formula is C21H25N3O2. The molecule has 26 heavy (non-hydrogen) atoms. The van der Waals surface area contributed by atoms with Gasteiger partial charge in [-0.05, 0) is 42.3 Å². The Morgan fingerprint density at radius 3 is 2.58 bits per heavy atom. The molecule has 5 heteroatoms. The van der Waals surface area contributed by atoms with E-state index in [0.29, 0.717) is 6.61 Å². The number of piperazine rings is 1. The van der Waals surface area contributed by atoms with Gasteiger partial charge in [-0.1, -0.05) is 18.2 Å². The molecule has 1 aliphatic heterocycles. The topological polar surface area (TPSA) is 45.7 Å². The van der Waals surface area contributed by atoms with Crippen LogP contribution < -0.4 is 4.74 Å². The zero-order chi connectivity index (χ0) is 18.2. The molecule has 1 aromatic heterocycles. The first-order chi connectivity index (χ1) is 12.7. The maximum absolute atomic E-state index is 12.3. The van der Waals surface area contributed by atoms with Gasteiger partial charge in [-0.3, -0.25) is 14.7 Å². The standard InChI is InChI=1S/C21H25N3O2/c1-2-26-20-8-5-19(6-9-20)17-23-12-14-24(15-13-23)21(25)10-7-18-4-3-11-22-16-18/h3-11,16H,2,12-15,17H2,1H3/b10-7+. The molecular weight excluding hydrogens is 326 g/mol. The molecule has 136 valence electrons. The number of amides is 1. The molecule has 0 saturated carbocycles. The van der Waals surface area contributed by atoms with Crippen molar-refractivity contribution in [2.24, 2.45) is 0 Å². The summed E-state index contributed by atoms with van der Waals surface area (Å²) in [5, 5.41) is 0. The molecule has 0 spiro atoms. The lowest BCUT2D eigenvalue weighted by atomic mass is 10.2. The number of benzene rings is 1. The van der Waals surface area contributed by atoms with Crippen LogP contribution in [0, 0.1) is 0 Å². The van der Waals surface area contributed by atoms with Gasteiger partial charge in [0, 0.05) is 51.2 Å². The van der Waals surface area contributed by atoms with E-state index in [2.05, 4.69) is 22.0 Å². The van der Waals surface area contributed by atoms with Crippen molar-refractivity contribution >= 4 is 12.0 Å². The van der Waals surface area contributed by atoms with Crippen molar-refractivity contribution in [3.05, 3.63) is 66.0 Å². The Hall–Kier alpha value is -2.66. The number of carbonyl (C=O) groups is 1. The van der Waals surface area contributed by atoms with E-state index in [-0.39, 0.29) is 5.91 Å². The van der Waals surface area contributed by atoms with Gasteiger partial charge in [0.25, 0.3) is 0 Å². The Morgan fingerprint density at radius 1 is 1.15 bits per heavy atom. The van der Waals surface area contributed by atoms with Crippen LogP contribution in [0.2, 0.25) is 0 Å². The molecule has 0 aliphatic carbocycles. The number of hydrogen-bond donors (Lipinski definition) is 0. The fourth-order valence-corrected chi connectivity index (χ4v) is 2.99. The summed E-state index contributed by atoms with van der Waals surface area (Å²) in [6.45, 7) is 6.87. The van der Waals surface area contributed by atoms with Gasteiger partial charge in [0.15, 0.2) is 0 Å². The molecule has 3 rings (SSSR count). The average molecular weight is 351 g/mol. The Kier molecular flexibility index (Phi) is 6.39. The Bertz CT molecular complexity index is 721. The molecule has 1 aromatic carbocycles. The summed E-state index contributed by atoms with van der Waals surface area (Å²) in [4.78, 5) is 20.7. The second-order valence-corrected chi connectivity index (χ2v) is 6.30. The maximum Gasteiger partial charge on any atom is 0.246 e. The van der Waals surface area contributed by atoms with Crippen LogP contribution in [0.1, 0.15) is 18.1 Å². The summed E-state index contributed by atoms with van der Waals surface area (Å²) in [5.41, 5.74) is 2.21. The Morgan fingerprint density at radius 2 is 1.92 bits per heavy atom. The molecule has 1 fully saturated rings. The van der Waals surface area contributed by atoms with Crippen molar-refractivity contribution in [1.82, 2.24) is 14.8 Å². The van der Waals surface area contributed by atoms with Gasteiger partial charge in [0.05, 0.1) is 6.61 Å². The van der Waals surface area contributed by atoms with E-state index in [1.807, 2.05) is 42.2 Å². The predicted molar refractivity (Wildman–Crippen MR) is 103 cm³/mol. The highest BCUT2D eigenvalue weighted by atomic mass is 16.5. The molecule has 2 aromatic rings. The smallest absolute Gasteiger partial charge is 0.246 e. The van der Waals surface area contributed by atoms with Gasteiger partial charge in [0.1, 0.15) is 5.75 Å². The molecule has 5 nitrogen and oxygen atoms in total. The van der Waals surface area contributed by atoms with E-state index in [1.165, 1.54) is 5.56 Å². The van der Waals surface area contributed by atoms with Crippen molar-refractivity contribution in [1.29, 1.82) is 0 Å². The summed E-state index contributed by atoms with van der Waals surface area (Å²) >= 11 is 0. The number of pyridine rings is 1.